The molecule has 0 aromatic carbocycles. The van der Waals surface area contributed by atoms with Crippen molar-refractivity contribution in [3.8, 4) is 0 Å². The van der Waals surface area contributed by atoms with Gasteiger partial charge in [0.05, 0.1) is 13.0 Å². The largest absolute Gasteiger partial charge is 0.384 e. The number of rotatable bonds is 5. The minimum absolute atomic E-state index is 0.0432. The number of fused-ring (bicyclic) bond motifs is 1. The maximum Gasteiger partial charge on any atom is 0.252 e. The van der Waals surface area contributed by atoms with E-state index in [0.29, 0.717) is 11.6 Å². The molecule has 0 aliphatic carbocycles. The average Bonchev–Trinajstić information content (AvgIpc) is 3.14. The van der Waals surface area contributed by atoms with E-state index < -0.39 is 5.60 Å². The van der Waals surface area contributed by atoms with Crippen molar-refractivity contribution in [2.45, 2.75) is 32.8 Å². The van der Waals surface area contributed by atoms with Gasteiger partial charge >= 0.3 is 0 Å². The lowest BCUT2D eigenvalue weighted by Crippen LogP contribution is -2.39. The molecule has 7 nitrogen and oxygen atoms in total. The van der Waals surface area contributed by atoms with E-state index >= 15 is 0 Å². The van der Waals surface area contributed by atoms with Gasteiger partial charge in [0.25, 0.3) is 5.78 Å². The fourth-order valence-electron chi connectivity index (χ4n) is 2.43. The summed E-state index contributed by atoms with van der Waals surface area (Å²) in [6.45, 7) is 5.61. The number of aliphatic hydroxyl groups is 1. The Hall–Kier alpha value is -2.32. The van der Waals surface area contributed by atoms with Crippen LogP contribution in [0.2, 0.25) is 0 Å². The molecule has 3 aromatic rings. The van der Waals surface area contributed by atoms with Gasteiger partial charge in [0, 0.05) is 11.4 Å². The normalized spacial score (nSPS) is 13.8. The molecule has 0 saturated carbocycles. The standard InChI is InChI=1S/C16H19N5O2S/c1-10-6-11(2)21-15(18-10)19-13(20-21)7-14(22)17-9-16(3,23)12-4-5-24-8-12/h4-6,8,23H,7,9H2,1-3H3,(H,17,22). The molecular formula is C16H19N5O2S. The summed E-state index contributed by atoms with van der Waals surface area (Å²) in [5, 5.41) is 21.2. The average molecular weight is 345 g/mol. The summed E-state index contributed by atoms with van der Waals surface area (Å²) in [6.07, 6.45) is 0.0432. The predicted octanol–water partition coefficient (Wildman–Crippen LogP) is 1.37. The van der Waals surface area contributed by atoms with E-state index in [1.54, 1.807) is 11.4 Å². The third-order valence-electron chi connectivity index (χ3n) is 3.75. The van der Waals surface area contributed by atoms with E-state index in [1.807, 2.05) is 36.7 Å². The Morgan fingerprint density at radius 2 is 2.21 bits per heavy atom. The third kappa shape index (κ3) is 3.44. The first kappa shape index (κ1) is 16.5. The zero-order chi connectivity index (χ0) is 17.3. The highest BCUT2D eigenvalue weighted by Crippen LogP contribution is 2.22. The molecule has 0 saturated heterocycles. The van der Waals surface area contributed by atoms with E-state index in [-0.39, 0.29) is 18.9 Å². The first-order valence-electron chi connectivity index (χ1n) is 7.57. The zero-order valence-electron chi connectivity index (χ0n) is 13.8. The fourth-order valence-corrected chi connectivity index (χ4v) is 3.22. The van der Waals surface area contributed by atoms with Crippen molar-refractivity contribution in [2.24, 2.45) is 0 Å². The van der Waals surface area contributed by atoms with Crippen molar-refractivity contribution in [3.05, 3.63) is 45.7 Å². The van der Waals surface area contributed by atoms with Gasteiger partial charge in [0.15, 0.2) is 5.82 Å². The van der Waals surface area contributed by atoms with E-state index in [1.165, 1.54) is 11.3 Å². The molecule has 3 aromatic heterocycles. The Bertz CT molecular complexity index is 870. The van der Waals surface area contributed by atoms with Crippen molar-refractivity contribution in [3.63, 3.8) is 0 Å². The van der Waals surface area contributed by atoms with Crippen molar-refractivity contribution in [2.75, 3.05) is 6.54 Å². The Labute approximate surface area is 143 Å². The molecule has 3 rings (SSSR count). The smallest absolute Gasteiger partial charge is 0.252 e. The first-order chi connectivity index (χ1) is 11.3. The Morgan fingerprint density at radius 1 is 1.42 bits per heavy atom. The molecule has 0 spiro atoms. The van der Waals surface area contributed by atoms with Crippen LogP contribution in [0.4, 0.5) is 0 Å². The summed E-state index contributed by atoms with van der Waals surface area (Å²) >= 11 is 1.51. The van der Waals surface area contributed by atoms with Gasteiger partial charge in [-0.1, -0.05) is 0 Å². The summed E-state index contributed by atoms with van der Waals surface area (Å²) in [5.74, 6) is 0.653. The van der Waals surface area contributed by atoms with Crippen LogP contribution in [0.3, 0.4) is 0 Å². The summed E-state index contributed by atoms with van der Waals surface area (Å²) in [6, 6.07) is 3.75. The molecule has 0 fully saturated rings. The highest BCUT2D eigenvalue weighted by atomic mass is 32.1. The molecule has 1 atom stereocenters. The second kappa shape index (κ2) is 6.29. The van der Waals surface area contributed by atoms with Gasteiger partial charge in [-0.25, -0.2) is 9.50 Å². The summed E-state index contributed by atoms with van der Waals surface area (Å²) in [5.41, 5.74) is 1.46. The van der Waals surface area contributed by atoms with Crippen molar-refractivity contribution >= 4 is 23.0 Å². The minimum Gasteiger partial charge on any atom is -0.384 e. The highest BCUT2D eigenvalue weighted by Gasteiger charge is 2.24. The van der Waals surface area contributed by atoms with Crippen LogP contribution in [0.5, 0.6) is 0 Å². The number of aromatic nitrogens is 4. The second-order valence-corrected chi connectivity index (χ2v) is 6.80. The number of nitrogens with one attached hydrogen (secondary N) is 1. The Kier molecular flexibility index (Phi) is 4.33. The topological polar surface area (TPSA) is 92.4 Å². The number of carbonyl (C=O) groups is 1. The van der Waals surface area contributed by atoms with Gasteiger partial charge in [-0.2, -0.15) is 16.3 Å². The number of amides is 1. The molecule has 3 heterocycles. The molecular weight excluding hydrogens is 326 g/mol. The lowest BCUT2D eigenvalue weighted by atomic mass is 9.99. The van der Waals surface area contributed by atoms with Gasteiger partial charge in [0.1, 0.15) is 5.60 Å². The van der Waals surface area contributed by atoms with Gasteiger partial charge in [-0.05, 0) is 49.2 Å². The Morgan fingerprint density at radius 3 is 2.92 bits per heavy atom. The first-order valence-corrected chi connectivity index (χ1v) is 8.51. The second-order valence-electron chi connectivity index (χ2n) is 6.02. The van der Waals surface area contributed by atoms with Crippen molar-refractivity contribution in [1.82, 2.24) is 24.9 Å². The maximum absolute atomic E-state index is 12.1. The quantitative estimate of drug-likeness (QED) is 0.728. The minimum atomic E-state index is -1.10. The molecule has 24 heavy (non-hydrogen) atoms. The predicted molar refractivity (Wildman–Crippen MR) is 90.9 cm³/mol. The van der Waals surface area contributed by atoms with Crippen LogP contribution in [0.1, 0.15) is 29.7 Å². The summed E-state index contributed by atoms with van der Waals surface area (Å²) in [7, 11) is 0. The monoisotopic (exact) mass is 345 g/mol. The van der Waals surface area contributed by atoms with E-state index in [0.717, 1.165) is 17.0 Å². The number of carbonyl (C=O) groups excluding carboxylic acids is 1. The SMILES string of the molecule is Cc1cc(C)n2nc(CC(=O)NCC(C)(O)c3ccsc3)nc2n1. The molecule has 0 aliphatic heterocycles. The van der Waals surface area contributed by atoms with Gasteiger partial charge in [-0.15, -0.1) is 5.10 Å². The molecule has 8 heteroatoms. The number of aryl methyl sites for hydroxylation is 2. The van der Waals surface area contributed by atoms with Crippen LogP contribution < -0.4 is 5.32 Å². The van der Waals surface area contributed by atoms with Crippen LogP contribution in [0.15, 0.2) is 22.9 Å². The maximum atomic E-state index is 12.1. The summed E-state index contributed by atoms with van der Waals surface area (Å²) in [4.78, 5) is 20.7. The number of hydrogen-bond donors (Lipinski definition) is 2. The third-order valence-corrected chi connectivity index (χ3v) is 4.44. The van der Waals surface area contributed by atoms with Gasteiger partial charge in [0.2, 0.25) is 5.91 Å². The van der Waals surface area contributed by atoms with Crippen LogP contribution in [0.25, 0.3) is 5.78 Å². The molecule has 1 unspecified atom stereocenters. The van der Waals surface area contributed by atoms with Crippen LogP contribution in [-0.4, -0.2) is 37.1 Å². The van der Waals surface area contributed by atoms with Crippen LogP contribution in [0, 0.1) is 13.8 Å². The molecule has 1 amide bonds. The lowest BCUT2D eigenvalue weighted by Gasteiger charge is -2.22. The van der Waals surface area contributed by atoms with Gasteiger partial charge in [-0.3, -0.25) is 4.79 Å². The van der Waals surface area contributed by atoms with Crippen molar-refractivity contribution in [1.29, 1.82) is 0 Å². The van der Waals surface area contributed by atoms with E-state index in [9.17, 15) is 9.90 Å². The van der Waals surface area contributed by atoms with Crippen LogP contribution >= 0.6 is 11.3 Å². The Balaban J connectivity index is 1.66. The molecule has 2 N–H and O–H groups in total. The van der Waals surface area contributed by atoms with Crippen molar-refractivity contribution < 1.29 is 9.90 Å². The van der Waals surface area contributed by atoms with Gasteiger partial charge < -0.3 is 10.4 Å². The molecule has 0 bridgehead atoms. The van der Waals surface area contributed by atoms with E-state index in [2.05, 4.69) is 20.4 Å². The molecule has 126 valence electrons. The molecule has 0 radical (unpaired) electrons. The highest BCUT2D eigenvalue weighted by molar-refractivity contribution is 7.08. The molecule has 0 aliphatic rings. The number of nitrogens with zero attached hydrogens (tertiary/aromatic N) is 4. The fraction of sp³-hybridized carbons (Fsp3) is 0.375. The lowest BCUT2D eigenvalue weighted by molar-refractivity contribution is -0.121. The number of hydrogen-bond acceptors (Lipinski definition) is 6. The van der Waals surface area contributed by atoms with Crippen LogP contribution in [-0.2, 0) is 16.8 Å². The summed E-state index contributed by atoms with van der Waals surface area (Å²) < 4.78 is 1.62. The number of thiophene rings is 1. The van der Waals surface area contributed by atoms with E-state index in [4.69, 9.17) is 0 Å². The zero-order valence-corrected chi connectivity index (χ0v) is 14.6.